The molecule has 0 radical (unpaired) electrons. The summed E-state index contributed by atoms with van der Waals surface area (Å²) in [5, 5.41) is 1.93. The van der Waals surface area contributed by atoms with Gasteiger partial charge in [0.25, 0.3) is 5.56 Å². The summed E-state index contributed by atoms with van der Waals surface area (Å²) in [7, 11) is 3.14. The van der Waals surface area contributed by atoms with E-state index >= 15 is 0 Å². The van der Waals surface area contributed by atoms with Crippen LogP contribution in [0.15, 0.2) is 87.1 Å². The van der Waals surface area contributed by atoms with Crippen molar-refractivity contribution < 1.29 is 19.0 Å². The average Bonchev–Trinajstić information content (AvgIpc) is 3.55. The predicted molar refractivity (Wildman–Crippen MR) is 144 cm³/mol. The number of aromatic nitrogens is 1. The molecule has 0 saturated carbocycles. The lowest BCUT2D eigenvalue weighted by Gasteiger charge is -2.23. The molecule has 5 rings (SSSR count). The van der Waals surface area contributed by atoms with Crippen LogP contribution in [0.2, 0.25) is 0 Å². The molecule has 0 saturated heterocycles. The van der Waals surface area contributed by atoms with E-state index in [4.69, 9.17) is 14.2 Å². The number of hydrogen-bond acceptors (Lipinski definition) is 8. The van der Waals surface area contributed by atoms with Crippen LogP contribution < -0.4 is 24.4 Å². The number of carbonyl (C=O) groups is 1. The van der Waals surface area contributed by atoms with Gasteiger partial charge in [-0.1, -0.05) is 53.8 Å². The molecule has 0 amide bonds. The number of benzene rings is 2. The highest BCUT2D eigenvalue weighted by atomic mass is 32.1. The summed E-state index contributed by atoms with van der Waals surface area (Å²) in [6.07, 6.45) is 1.80. The van der Waals surface area contributed by atoms with E-state index < -0.39 is 12.0 Å². The van der Waals surface area contributed by atoms with Gasteiger partial charge >= 0.3 is 5.97 Å². The fourth-order valence-corrected chi connectivity index (χ4v) is 6.06. The van der Waals surface area contributed by atoms with Gasteiger partial charge in [0.15, 0.2) is 16.3 Å². The minimum Gasteiger partial charge on any atom is -0.493 e. The summed E-state index contributed by atoms with van der Waals surface area (Å²) >= 11 is 2.77. The molecule has 0 aliphatic carbocycles. The molecule has 0 unspecified atom stereocenters. The lowest BCUT2D eigenvalue weighted by Crippen LogP contribution is -2.39. The van der Waals surface area contributed by atoms with Crippen molar-refractivity contribution in [2.45, 2.75) is 19.6 Å². The third-order valence-electron chi connectivity index (χ3n) is 5.97. The van der Waals surface area contributed by atoms with Crippen molar-refractivity contribution in [1.29, 1.82) is 0 Å². The number of hydrogen-bond donors (Lipinski definition) is 0. The molecule has 4 aromatic rings. The topological polar surface area (TPSA) is 79.1 Å². The molecular weight excluding hydrogens is 508 g/mol. The molecule has 0 N–H and O–H groups in total. The molecule has 9 heteroatoms. The van der Waals surface area contributed by atoms with E-state index in [1.807, 2.05) is 60.0 Å². The van der Waals surface area contributed by atoms with Crippen LogP contribution in [0, 0.1) is 0 Å². The summed E-state index contributed by atoms with van der Waals surface area (Å²) in [5.74, 6) is 0.686. The Morgan fingerprint density at radius 2 is 1.84 bits per heavy atom. The molecule has 1 atom stereocenters. The highest BCUT2D eigenvalue weighted by Crippen LogP contribution is 2.33. The van der Waals surface area contributed by atoms with E-state index in [0.717, 1.165) is 16.0 Å². The Labute approximate surface area is 221 Å². The molecule has 2 aromatic carbocycles. The molecule has 0 bridgehead atoms. The molecule has 188 valence electrons. The van der Waals surface area contributed by atoms with Crippen molar-refractivity contribution >= 4 is 34.7 Å². The van der Waals surface area contributed by atoms with Crippen LogP contribution in [0.3, 0.4) is 0 Å². The van der Waals surface area contributed by atoms with Crippen LogP contribution in [0.1, 0.15) is 29.0 Å². The van der Waals surface area contributed by atoms with Crippen LogP contribution in [-0.4, -0.2) is 24.8 Å². The lowest BCUT2D eigenvalue weighted by molar-refractivity contribution is -0.140. The van der Waals surface area contributed by atoms with E-state index in [1.54, 1.807) is 37.9 Å². The lowest BCUT2D eigenvalue weighted by atomic mass is 10.0. The normalized spacial score (nSPS) is 15.2. The van der Waals surface area contributed by atoms with Crippen molar-refractivity contribution in [2.75, 3.05) is 14.2 Å². The van der Waals surface area contributed by atoms with Gasteiger partial charge in [-0.3, -0.25) is 9.36 Å². The van der Waals surface area contributed by atoms with Crippen molar-refractivity contribution in [2.24, 2.45) is 4.99 Å². The zero-order valence-corrected chi connectivity index (χ0v) is 22.1. The van der Waals surface area contributed by atoms with Gasteiger partial charge < -0.3 is 14.2 Å². The van der Waals surface area contributed by atoms with Gasteiger partial charge in [0.1, 0.15) is 12.6 Å². The zero-order valence-electron chi connectivity index (χ0n) is 20.5. The summed E-state index contributed by atoms with van der Waals surface area (Å²) in [6, 6.07) is 18.2. The Bertz CT molecular complexity index is 1650. The number of fused-ring (bicyclic) bond motifs is 1. The number of esters is 1. The maximum absolute atomic E-state index is 13.7. The molecule has 1 aliphatic heterocycles. The smallest absolute Gasteiger partial charge is 0.338 e. The number of nitrogens with zero attached hydrogens (tertiary/aromatic N) is 2. The van der Waals surface area contributed by atoms with Gasteiger partial charge in [0.2, 0.25) is 0 Å². The zero-order chi connectivity index (χ0) is 25.9. The first-order valence-electron chi connectivity index (χ1n) is 11.5. The first kappa shape index (κ1) is 24.7. The second-order valence-electron chi connectivity index (χ2n) is 8.27. The third kappa shape index (κ3) is 4.87. The highest BCUT2D eigenvalue weighted by Gasteiger charge is 2.34. The van der Waals surface area contributed by atoms with Gasteiger partial charge in [-0.2, -0.15) is 0 Å². The highest BCUT2D eigenvalue weighted by molar-refractivity contribution is 7.10. The number of methoxy groups -OCH3 is 2. The summed E-state index contributed by atoms with van der Waals surface area (Å²) < 4.78 is 18.5. The minimum absolute atomic E-state index is 0.136. The molecule has 0 fully saturated rings. The van der Waals surface area contributed by atoms with Gasteiger partial charge in [0, 0.05) is 4.88 Å². The molecular formula is C28H24N2O5S2. The fourth-order valence-electron chi connectivity index (χ4n) is 4.19. The van der Waals surface area contributed by atoms with Crippen LogP contribution in [0.4, 0.5) is 0 Å². The molecule has 2 aromatic heterocycles. The number of ether oxygens (including phenoxy) is 3. The Kier molecular flexibility index (Phi) is 7.07. The Morgan fingerprint density at radius 1 is 1.05 bits per heavy atom. The maximum Gasteiger partial charge on any atom is 0.338 e. The van der Waals surface area contributed by atoms with Crippen molar-refractivity contribution in [1.82, 2.24) is 4.57 Å². The second-order valence-corrected chi connectivity index (χ2v) is 10.3. The summed E-state index contributed by atoms with van der Waals surface area (Å²) in [5.41, 5.74) is 2.35. The standard InChI is InChI=1S/C28H24N2O5S2/c1-17-24(27(32)35-16-18-8-5-4-6-9-18)25(22-10-7-13-36-22)30-26(31)23(37-28(30)29-17)15-19-11-12-20(33-2)21(14-19)34-3/h4-15,25H,16H2,1-3H3/b23-15+/t25-/m0/s1. The van der Waals surface area contributed by atoms with Gasteiger partial charge in [-0.15, -0.1) is 11.3 Å². The van der Waals surface area contributed by atoms with E-state index in [-0.39, 0.29) is 12.2 Å². The first-order chi connectivity index (χ1) is 18.0. The predicted octanol–water partition coefficient (Wildman–Crippen LogP) is 4.06. The Hall–Kier alpha value is -3.95. The number of thiazole rings is 1. The molecule has 0 spiro atoms. The Balaban J connectivity index is 1.57. The van der Waals surface area contributed by atoms with Crippen LogP contribution >= 0.6 is 22.7 Å². The molecule has 7 nitrogen and oxygen atoms in total. The second kappa shape index (κ2) is 10.6. The van der Waals surface area contributed by atoms with Crippen LogP contribution in [0.25, 0.3) is 6.08 Å². The van der Waals surface area contributed by atoms with E-state index in [0.29, 0.717) is 32.1 Å². The van der Waals surface area contributed by atoms with Crippen LogP contribution in [0.5, 0.6) is 11.5 Å². The quantitative estimate of drug-likeness (QED) is 0.336. The number of carbonyl (C=O) groups excluding carboxylic acids is 1. The molecule has 3 heterocycles. The van der Waals surface area contributed by atoms with E-state index in [9.17, 15) is 9.59 Å². The fraction of sp³-hybridized carbons (Fsp3) is 0.179. The average molecular weight is 533 g/mol. The summed E-state index contributed by atoms with van der Waals surface area (Å²) in [6.45, 7) is 1.92. The number of allylic oxidation sites excluding steroid dienone is 1. The van der Waals surface area contributed by atoms with E-state index in [1.165, 1.54) is 22.7 Å². The van der Waals surface area contributed by atoms with Crippen LogP contribution in [-0.2, 0) is 16.1 Å². The van der Waals surface area contributed by atoms with Gasteiger partial charge in [-0.05, 0) is 47.7 Å². The number of rotatable bonds is 7. The first-order valence-corrected chi connectivity index (χ1v) is 13.2. The van der Waals surface area contributed by atoms with Crippen molar-refractivity contribution in [3.05, 3.63) is 113 Å². The monoisotopic (exact) mass is 532 g/mol. The van der Waals surface area contributed by atoms with Gasteiger partial charge in [-0.25, -0.2) is 9.79 Å². The maximum atomic E-state index is 13.7. The molecule has 1 aliphatic rings. The van der Waals surface area contributed by atoms with E-state index in [2.05, 4.69) is 4.99 Å². The summed E-state index contributed by atoms with van der Waals surface area (Å²) in [4.78, 5) is 33.1. The SMILES string of the molecule is COc1ccc(/C=c2/sc3n(c2=O)[C@@H](c2cccs2)C(C(=O)OCc2ccccc2)=C(C)N=3)cc1OC. The van der Waals surface area contributed by atoms with Crippen molar-refractivity contribution in [3.63, 3.8) is 0 Å². The molecule has 37 heavy (non-hydrogen) atoms. The third-order valence-corrected chi connectivity index (χ3v) is 7.88. The van der Waals surface area contributed by atoms with Crippen molar-refractivity contribution in [3.8, 4) is 11.5 Å². The largest absolute Gasteiger partial charge is 0.493 e. The number of thiophene rings is 1. The minimum atomic E-state index is -0.618. The Morgan fingerprint density at radius 3 is 2.54 bits per heavy atom. The van der Waals surface area contributed by atoms with Gasteiger partial charge in [0.05, 0.1) is 30.0 Å².